The largest absolute Gasteiger partial charge is 0.463 e. The molecule has 1 N–H and O–H groups in total. The molecule has 276 valence electrons. The summed E-state index contributed by atoms with van der Waals surface area (Å²) in [4.78, 5) is 12.8. The smallest absolute Gasteiger partial charge is 0.443 e. The number of nitrogens with one attached hydrogen (secondary N) is 1. The molecule has 10 heteroatoms. The maximum Gasteiger partial charge on any atom is 0.443 e. The second-order valence-electron chi connectivity index (χ2n) is 16.6. The van der Waals surface area contributed by atoms with Gasteiger partial charge in [-0.3, -0.25) is 0 Å². The first-order valence-electron chi connectivity index (χ1n) is 18.6. The number of esters is 1. The molecule has 49 heavy (non-hydrogen) atoms. The molecule has 0 aliphatic heterocycles. The van der Waals surface area contributed by atoms with Crippen molar-refractivity contribution in [1.29, 1.82) is 0 Å². The summed E-state index contributed by atoms with van der Waals surface area (Å²) >= 11 is 0. The highest BCUT2D eigenvalue weighted by molar-refractivity contribution is 7.89. The van der Waals surface area contributed by atoms with Gasteiger partial charge in [0.1, 0.15) is 0 Å². The molecule has 0 heterocycles. The van der Waals surface area contributed by atoms with Crippen molar-refractivity contribution in [3.05, 3.63) is 41.5 Å². The number of sulfonamides is 1. The van der Waals surface area contributed by atoms with Gasteiger partial charge in [-0.15, -0.1) is 0 Å². The van der Waals surface area contributed by atoms with Gasteiger partial charge in [-0.2, -0.15) is 17.9 Å². The molecular formula is C39H58F3NO5S. The first-order valence-corrected chi connectivity index (χ1v) is 20.1. The summed E-state index contributed by atoms with van der Waals surface area (Å²) in [6.45, 7) is 14.6. The van der Waals surface area contributed by atoms with Gasteiger partial charge in [-0.25, -0.2) is 13.2 Å². The van der Waals surface area contributed by atoms with Gasteiger partial charge < -0.3 is 9.47 Å². The van der Waals surface area contributed by atoms with Crippen molar-refractivity contribution >= 4 is 16.0 Å². The summed E-state index contributed by atoms with van der Waals surface area (Å²) in [6, 6.07) is 5.36. The Morgan fingerprint density at radius 2 is 1.67 bits per heavy atom. The van der Waals surface area contributed by atoms with Crippen LogP contribution in [0.4, 0.5) is 13.2 Å². The number of hydrogen-bond acceptors (Lipinski definition) is 5. The first kappa shape index (κ1) is 38.3. The topological polar surface area (TPSA) is 81.7 Å². The van der Waals surface area contributed by atoms with E-state index in [9.17, 15) is 13.2 Å². The quantitative estimate of drug-likeness (QED) is 0.133. The number of hydrogen-bond donors (Lipinski definition) is 1. The predicted octanol–water partition coefficient (Wildman–Crippen LogP) is 9.52. The van der Waals surface area contributed by atoms with Gasteiger partial charge in [-0.1, -0.05) is 83.2 Å². The van der Waals surface area contributed by atoms with Crippen LogP contribution >= 0.6 is 0 Å². The summed E-state index contributed by atoms with van der Waals surface area (Å²) in [7, 11) is -4.83. The Hall–Kier alpha value is -1.91. The van der Waals surface area contributed by atoms with Crippen LogP contribution in [0.1, 0.15) is 118 Å². The van der Waals surface area contributed by atoms with E-state index in [1.807, 2.05) is 0 Å². The van der Waals surface area contributed by atoms with Crippen LogP contribution in [0.25, 0.3) is 0 Å². The van der Waals surface area contributed by atoms with E-state index in [1.165, 1.54) is 69.7 Å². The number of allylic oxidation sites excluding steroid dienone is 1. The molecule has 4 aliphatic rings. The molecule has 0 spiro atoms. The van der Waals surface area contributed by atoms with Crippen LogP contribution in [-0.4, -0.2) is 39.0 Å². The molecule has 3 unspecified atom stereocenters. The van der Waals surface area contributed by atoms with Crippen LogP contribution in [0.5, 0.6) is 0 Å². The first-order chi connectivity index (χ1) is 22.9. The van der Waals surface area contributed by atoms with Crippen molar-refractivity contribution in [3.8, 4) is 0 Å². The fourth-order valence-corrected chi connectivity index (χ4v) is 11.8. The lowest BCUT2D eigenvalue weighted by Crippen LogP contribution is -2.67. The molecule has 0 radical (unpaired) electrons. The Kier molecular flexibility index (Phi) is 11.1. The van der Waals surface area contributed by atoms with Gasteiger partial charge >= 0.3 is 17.9 Å². The number of rotatable bonds is 12. The number of fused-ring (bicyclic) bond motifs is 5. The van der Waals surface area contributed by atoms with E-state index in [0.717, 1.165) is 42.2 Å². The Bertz CT molecular complexity index is 1480. The maximum absolute atomic E-state index is 15.0. The summed E-state index contributed by atoms with van der Waals surface area (Å²) in [6.07, 6.45) is 6.52. The van der Waals surface area contributed by atoms with Gasteiger partial charge in [0.15, 0.2) is 0 Å². The third-order valence-electron chi connectivity index (χ3n) is 13.2. The molecule has 0 bridgehead atoms. The summed E-state index contributed by atoms with van der Waals surface area (Å²) in [5.74, 6) is 2.05. The van der Waals surface area contributed by atoms with Crippen molar-refractivity contribution < 1.29 is 35.9 Å². The zero-order valence-electron chi connectivity index (χ0n) is 30.5. The average Bonchev–Trinajstić information content (AvgIpc) is 3.37. The van der Waals surface area contributed by atoms with Gasteiger partial charge in [0, 0.05) is 0 Å². The molecule has 0 saturated heterocycles. The Morgan fingerprint density at radius 1 is 0.980 bits per heavy atom. The molecular weight excluding hydrogens is 651 g/mol. The summed E-state index contributed by atoms with van der Waals surface area (Å²) < 4.78 is 83.9. The van der Waals surface area contributed by atoms with E-state index in [0.29, 0.717) is 35.5 Å². The minimum Gasteiger partial charge on any atom is -0.463 e. The van der Waals surface area contributed by atoms with Crippen LogP contribution < -0.4 is 4.72 Å². The van der Waals surface area contributed by atoms with E-state index in [-0.39, 0.29) is 18.4 Å². The van der Waals surface area contributed by atoms with Crippen LogP contribution in [0.15, 0.2) is 40.8 Å². The Balaban J connectivity index is 1.38. The van der Waals surface area contributed by atoms with Crippen LogP contribution in [0.2, 0.25) is 0 Å². The number of carbonyl (C=O) groups is 1. The number of aryl methyl sites for hydroxylation is 1. The van der Waals surface area contributed by atoms with Gasteiger partial charge in [0.05, 0.1) is 17.6 Å². The van der Waals surface area contributed by atoms with E-state index in [4.69, 9.17) is 9.47 Å². The number of benzene rings is 1. The van der Waals surface area contributed by atoms with E-state index in [1.54, 1.807) is 17.7 Å². The molecule has 6 nitrogen and oxygen atoms in total. The third kappa shape index (κ3) is 7.26. The van der Waals surface area contributed by atoms with Crippen molar-refractivity contribution in [3.63, 3.8) is 0 Å². The van der Waals surface area contributed by atoms with Crippen molar-refractivity contribution in [2.24, 2.45) is 46.3 Å². The minimum atomic E-state index is -5.44. The normalized spacial score (nSPS) is 33.5. The lowest BCUT2D eigenvalue weighted by Gasteiger charge is -2.59. The average molecular weight is 710 g/mol. The fraction of sp³-hybridized carbons (Fsp3) is 0.769. The Morgan fingerprint density at radius 3 is 2.31 bits per heavy atom. The lowest BCUT2D eigenvalue weighted by molar-refractivity contribution is -0.290. The molecule has 1 aromatic carbocycles. The Labute approximate surface area is 292 Å². The van der Waals surface area contributed by atoms with E-state index < -0.39 is 38.9 Å². The third-order valence-corrected chi connectivity index (χ3v) is 14.6. The van der Waals surface area contributed by atoms with E-state index in [2.05, 4.69) is 34.6 Å². The standard InChI is InChI=1S/C39H58F3NO5S/c1-8-47-35(44)38(39(40,41)42,43-49(45,46)30-15-12-26(4)13-16-30)48-29-20-22-36(6)28(24-29)14-17-31-33-19-18-32(27(5)11-9-10-25(2)3)37(33,7)23-21-34(31)36/h12-13,15-16,24-25,27,29,31-34,43H,8-11,14,17-23H2,1-7H3/t27-,29+,31+,32-,33?,34?,36+,37-,38?/m1/s1. The maximum atomic E-state index is 15.0. The molecule has 0 aromatic heterocycles. The minimum absolute atomic E-state index is 0.169. The molecule has 4 aliphatic carbocycles. The zero-order chi connectivity index (χ0) is 36.0. The lowest BCUT2D eigenvalue weighted by atomic mass is 9.46. The van der Waals surface area contributed by atoms with Gasteiger partial charge in [-0.05, 0) is 124 Å². The van der Waals surface area contributed by atoms with Gasteiger partial charge in [0.2, 0.25) is 10.0 Å². The number of carbonyl (C=O) groups excluding carboxylic acids is 1. The molecule has 3 fully saturated rings. The van der Waals surface area contributed by atoms with Crippen molar-refractivity contribution in [1.82, 2.24) is 4.72 Å². The number of ether oxygens (including phenoxy) is 2. The monoisotopic (exact) mass is 709 g/mol. The molecule has 5 rings (SSSR count). The van der Waals surface area contributed by atoms with E-state index >= 15 is 13.2 Å². The number of halogens is 3. The highest BCUT2D eigenvalue weighted by Crippen LogP contribution is 2.68. The highest BCUT2D eigenvalue weighted by Gasteiger charge is 2.67. The second kappa shape index (κ2) is 14.3. The number of alkyl halides is 3. The van der Waals surface area contributed by atoms with Gasteiger partial charge in [0.25, 0.3) is 0 Å². The molecule has 1 aromatic rings. The zero-order valence-corrected chi connectivity index (χ0v) is 31.3. The van der Waals surface area contributed by atoms with Crippen molar-refractivity contribution in [2.75, 3.05) is 6.61 Å². The molecule has 0 amide bonds. The van der Waals surface area contributed by atoms with Crippen molar-refractivity contribution in [2.45, 2.75) is 142 Å². The molecule has 9 atom stereocenters. The van der Waals surface area contributed by atoms with Crippen LogP contribution in [0, 0.1) is 53.3 Å². The predicted molar refractivity (Wildman–Crippen MR) is 185 cm³/mol. The summed E-state index contributed by atoms with van der Waals surface area (Å²) in [5.41, 5.74) is -1.94. The van der Waals surface area contributed by atoms with Crippen LogP contribution in [0.3, 0.4) is 0 Å². The summed E-state index contributed by atoms with van der Waals surface area (Å²) in [5, 5.41) is 0. The fourth-order valence-electron chi connectivity index (χ4n) is 10.6. The SMILES string of the molecule is CCOC(=O)C(NS(=O)(=O)c1ccc(C)cc1)(O[C@@H]1C=C2CC[C@@H]3C(CC[C@@]4(C)C3CC[C@@H]4[C@H](C)CCCC(C)C)[C@@]2(C)CC1)C(F)(F)F. The highest BCUT2D eigenvalue weighted by atomic mass is 32.2. The van der Waals surface area contributed by atoms with Crippen LogP contribution in [-0.2, 0) is 24.3 Å². The second-order valence-corrected chi connectivity index (χ2v) is 18.3. The molecule has 3 saturated carbocycles.